The number of likely N-dealkylation sites (tertiary alicyclic amines) is 1. The molecule has 2 saturated heterocycles. The molecule has 0 aromatic heterocycles. The van der Waals surface area contributed by atoms with Crippen molar-refractivity contribution < 1.29 is 14.4 Å². The Morgan fingerprint density at radius 2 is 1.82 bits per heavy atom. The van der Waals surface area contributed by atoms with Gasteiger partial charge in [0, 0.05) is 32.5 Å². The van der Waals surface area contributed by atoms with E-state index in [1.165, 1.54) is 0 Å². The fourth-order valence-electron chi connectivity index (χ4n) is 2.13. The van der Waals surface area contributed by atoms with E-state index in [4.69, 9.17) is 0 Å². The van der Waals surface area contributed by atoms with Gasteiger partial charge in [-0.3, -0.25) is 19.3 Å². The van der Waals surface area contributed by atoms with Gasteiger partial charge in [-0.15, -0.1) is 0 Å². The van der Waals surface area contributed by atoms with Gasteiger partial charge in [-0.1, -0.05) is 0 Å². The maximum Gasteiger partial charge on any atom is 0.242 e. The van der Waals surface area contributed by atoms with Crippen molar-refractivity contribution in [3.8, 4) is 0 Å². The molecule has 0 spiro atoms. The van der Waals surface area contributed by atoms with Crippen LogP contribution < -0.4 is 5.32 Å². The molecule has 2 fully saturated rings. The van der Waals surface area contributed by atoms with Crippen molar-refractivity contribution in [3.05, 3.63) is 0 Å². The number of hydrogen-bond donors (Lipinski definition) is 1. The molecule has 17 heavy (non-hydrogen) atoms. The predicted molar refractivity (Wildman–Crippen MR) is 60.0 cm³/mol. The molecule has 0 aromatic rings. The molecule has 2 rings (SSSR count). The highest BCUT2D eigenvalue weighted by Gasteiger charge is 2.31. The Balaban J connectivity index is 1.91. The van der Waals surface area contributed by atoms with Gasteiger partial charge in [0.05, 0.1) is 0 Å². The third-order valence-corrected chi connectivity index (χ3v) is 3.14. The van der Waals surface area contributed by atoms with Crippen molar-refractivity contribution in [2.45, 2.75) is 19.3 Å². The minimum atomic E-state index is -0.226. The van der Waals surface area contributed by atoms with E-state index >= 15 is 0 Å². The quantitative estimate of drug-likeness (QED) is 0.625. The monoisotopic (exact) mass is 239 g/mol. The van der Waals surface area contributed by atoms with Crippen LogP contribution in [-0.4, -0.2) is 60.2 Å². The highest BCUT2D eigenvalue weighted by atomic mass is 16.2. The average Bonchev–Trinajstić information content (AvgIpc) is 2.59. The molecule has 0 bridgehead atoms. The molecule has 2 aliphatic rings. The van der Waals surface area contributed by atoms with Crippen LogP contribution in [0.2, 0.25) is 0 Å². The molecule has 0 saturated carbocycles. The molecule has 0 radical (unpaired) electrons. The van der Waals surface area contributed by atoms with Crippen molar-refractivity contribution in [2.24, 2.45) is 0 Å². The van der Waals surface area contributed by atoms with Crippen molar-refractivity contribution in [1.29, 1.82) is 0 Å². The largest absolute Gasteiger partial charge is 0.340 e. The van der Waals surface area contributed by atoms with Crippen molar-refractivity contribution in [1.82, 2.24) is 15.1 Å². The van der Waals surface area contributed by atoms with Crippen LogP contribution in [-0.2, 0) is 14.4 Å². The molecule has 0 atom stereocenters. The van der Waals surface area contributed by atoms with E-state index in [1.807, 2.05) is 0 Å². The zero-order chi connectivity index (χ0) is 12.3. The highest BCUT2D eigenvalue weighted by Crippen LogP contribution is 2.11. The first kappa shape index (κ1) is 12.0. The molecule has 0 aliphatic carbocycles. The number of amides is 3. The highest BCUT2D eigenvalue weighted by molar-refractivity contribution is 6.04. The minimum absolute atomic E-state index is 0.0856. The van der Waals surface area contributed by atoms with Crippen LogP contribution in [0.4, 0.5) is 0 Å². The van der Waals surface area contributed by atoms with Gasteiger partial charge in [-0.2, -0.15) is 0 Å². The molecule has 0 unspecified atom stereocenters. The zero-order valence-corrected chi connectivity index (χ0v) is 9.78. The van der Waals surface area contributed by atoms with Gasteiger partial charge in [0.2, 0.25) is 17.7 Å². The summed E-state index contributed by atoms with van der Waals surface area (Å²) in [6, 6.07) is 0. The van der Waals surface area contributed by atoms with E-state index in [2.05, 4.69) is 5.32 Å². The smallest absolute Gasteiger partial charge is 0.242 e. The minimum Gasteiger partial charge on any atom is -0.340 e. The molecule has 0 aromatic carbocycles. The SMILES string of the molecule is O=C(CN1C(=O)CCC1=O)N1CCCNCC1. The second kappa shape index (κ2) is 5.27. The van der Waals surface area contributed by atoms with Crippen LogP contribution in [0.15, 0.2) is 0 Å². The number of carbonyl (C=O) groups is 3. The normalized spacial score (nSPS) is 21.9. The van der Waals surface area contributed by atoms with Crippen LogP contribution in [0.25, 0.3) is 0 Å². The van der Waals surface area contributed by atoms with Crippen molar-refractivity contribution in [3.63, 3.8) is 0 Å². The first-order chi connectivity index (χ1) is 8.18. The predicted octanol–water partition coefficient (Wildman–Crippen LogP) is -1.04. The molecule has 6 heteroatoms. The summed E-state index contributed by atoms with van der Waals surface area (Å²) >= 11 is 0. The molecule has 3 amide bonds. The third kappa shape index (κ3) is 2.82. The lowest BCUT2D eigenvalue weighted by Gasteiger charge is -2.22. The molecular formula is C11H17N3O3. The lowest BCUT2D eigenvalue weighted by molar-refractivity contribution is -0.145. The average molecular weight is 239 g/mol. The lowest BCUT2D eigenvalue weighted by Crippen LogP contribution is -2.43. The third-order valence-electron chi connectivity index (χ3n) is 3.14. The zero-order valence-electron chi connectivity index (χ0n) is 9.78. The van der Waals surface area contributed by atoms with Gasteiger partial charge in [0.25, 0.3) is 0 Å². The van der Waals surface area contributed by atoms with Crippen LogP contribution in [0.1, 0.15) is 19.3 Å². The fourth-order valence-corrected chi connectivity index (χ4v) is 2.13. The van der Waals surface area contributed by atoms with E-state index in [0.29, 0.717) is 13.1 Å². The number of imide groups is 1. The summed E-state index contributed by atoms with van der Waals surface area (Å²) < 4.78 is 0. The van der Waals surface area contributed by atoms with E-state index in [9.17, 15) is 14.4 Å². The van der Waals surface area contributed by atoms with Gasteiger partial charge in [0.1, 0.15) is 6.54 Å². The van der Waals surface area contributed by atoms with Gasteiger partial charge < -0.3 is 10.2 Å². The Labute approximate surface area is 99.9 Å². The Bertz CT molecular complexity index is 319. The summed E-state index contributed by atoms with van der Waals surface area (Å²) in [5, 5.41) is 3.20. The Kier molecular flexibility index (Phi) is 3.73. The Morgan fingerprint density at radius 1 is 1.12 bits per heavy atom. The van der Waals surface area contributed by atoms with E-state index in [0.717, 1.165) is 24.4 Å². The number of nitrogens with one attached hydrogen (secondary N) is 1. The second-order valence-corrected chi connectivity index (χ2v) is 4.36. The summed E-state index contributed by atoms with van der Waals surface area (Å²) in [6.07, 6.45) is 1.40. The second-order valence-electron chi connectivity index (χ2n) is 4.36. The molecule has 1 N–H and O–H groups in total. The fraction of sp³-hybridized carbons (Fsp3) is 0.727. The Morgan fingerprint density at radius 3 is 2.53 bits per heavy atom. The van der Waals surface area contributed by atoms with E-state index in [1.54, 1.807) is 4.90 Å². The van der Waals surface area contributed by atoms with Gasteiger partial charge in [0.15, 0.2) is 0 Å². The molecular weight excluding hydrogens is 222 g/mol. The summed E-state index contributed by atoms with van der Waals surface area (Å²) in [4.78, 5) is 37.5. The number of carbonyl (C=O) groups excluding carboxylic acids is 3. The molecule has 94 valence electrons. The maximum atomic E-state index is 12.0. The van der Waals surface area contributed by atoms with E-state index < -0.39 is 0 Å². The summed E-state index contributed by atoms with van der Waals surface area (Å²) in [5.41, 5.74) is 0. The van der Waals surface area contributed by atoms with Crippen molar-refractivity contribution >= 4 is 17.7 Å². The van der Waals surface area contributed by atoms with Crippen LogP contribution >= 0.6 is 0 Å². The van der Waals surface area contributed by atoms with Crippen molar-refractivity contribution in [2.75, 3.05) is 32.7 Å². The number of hydrogen-bond acceptors (Lipinski definition) is 4. The summed E-state index contributed by atoms with van der Waals surface area (Å²) in [7, 11) is 0. The van der Waals surface area contributed by atoms with Gasteiger partial charge >= 0.3 is 0 Å². The maximum absolute atomic E-state index is 12.0. The number of rotatable bonds is 2. The standard InChI is InChI=1S/C11H17N3O3/c15-9-2-3-10(16)14(9)8-11(17)13-6-1-4-12-5-7-13/h12H,1-8H2. The first-order valence-electron chi connectivity index (χ1n) is 6.00. The molecule has 2 aliphatic heterocycles. The number of nitrogens with zero attached hydrogens (tertiary/aromatic N) is 2. The molecule has 6 nitrogen and oxygen atoms in total. The van der Waals surface area contributed by atoms with Crippen LogP contribution in [0.3, 0.4) is 0 Å². The summed E-state index contributed by atoms with van der Waals surface area (Å²) in [5.74, 6) is -0.579. The van der Waals surface area contributed by atoms with Crippen LogP contribution in [0.5, 0.6) is 0 Å². The molecule has 2 heterocycles. The van der Waals surface area contributed by atoms with E-state index in [-0.39, 0.29) is 37.1 Å². The first-order valence-corrected chi connectivity index (χ1v) is 6.00. The van der Waals surface area contributed by atoms with Gasteiger partial charge in [-0.25, -0.2) is 0 Å². The lowest BCUT2D eigenvalue weighted by atomic mass is 10.3. The van der Waals surface area contributed by atoms with Gasteiger partial charge in [-0.05, 0) is 13.0 Å². The topological polar surface area (TPSA) is 69.7 Å². The Hall–Kier alpha value is -1.43. The summed E-state index contributed by atoms with van der Waals surface area (Å²) in [6.45, 7) is 2.94. The van der Waals surface area contributed by atoms with Crippen LogP contribution in [0, 0.1) is 0 Å².